The number of amides is 2. The number of carbonyl (C=O) groups is 3. The van der Waals surface area contributed by atoms with Crippen molar-refractivity contribution >= 4 is 40.3 Å². The van der Waals surface area contributed by atoms with Gasteiger partial charge in [-0.25, -0.2) is 0 Å². The van der Waals surface area contributed by atoms with Crippen LogP contribution < -0.4 is 39.4 Å². The van der Waals surface area contributed by atoms with Crippen molar-refractivity contribution in [2.24, 2.45) is 0 Å². The largest absolute Gasteiger partial charge is 0.493 e. The second-order valence-electron chi connectivity index (χ2n) is 18.1. The summed E-state index contributed by atoms with van der Waals surface area (Å²) in [6.07, 6.45) is 8.85. The van der Waals surface area contributed by atoms with E-state index in [9.17, 15) is 14.4 Å². The minimum atomic E-state index is -0.0817. The molecular weight excluding hydrogens is 879 g/mol. The summed E-state index contributed by atoms with van der Waals surface area (Å²) in [5.74, 6) is 1.91. The van der Waals surface area contributed by atoms with Gasteiger partial charge in [0, 0.05) is 68.9 Å². The van der Waals surface area contributed by atoms with E-state index >= 15 is 0 Å². The predicted octanol–water partition coefficient (Wildman–Crippen LogP) is 7.96. The first-order chi connectivity index (χ1) is 33.7. The van der Waals surface area contributed by atoms with Gasteiger partial charge in [0.2, 0.25) is 0 Å². The maximum Gasteiger partial charge on any atom is 0.260 e. The molecule has 0 aromatic heterocycles. The molecule has 0 saturated carbocycles. The summed E-state index contributed by atoms with van der Waals surface area (Å²) in [5.41, 5.74) is 9.57. The number of hydrogen-bond acceptors (Lipinski definition) is 13. The van der Waals surface area contributed by atoms with Crippen LogP contribution >= 0.6 is 0 Å². The lowest BCUT2D eigenvalue weighted by Crippen LogP contribution is -2.39. The van der Waals surface area contributed by atoms with Gasteiger partial charge >= 0.3 is 0 Å². The van der Waals surface area contributed by atoms with E-state index in [1.54, 1.807) is 40.4 Å². The summed E-state index contributed by atoms with van der Waals surface area (Å²) in [6.45, 7) is 6.69. The molecule has 4 heterocycles. The number of ketones is 1. The molecule has 364 valence electrons. The molecule has 5 aliphatic rings. The van der Waals surface area contributed by atoms with E-state index in [0.717, 1.165) is 59.4 Å². The summed E-state index contributed by atoms with van der Waals surface area (Å²) < 4.78 is 41.6. The average Bonchev–Trinajstić information content (AvgIpc) is 3.85. The first kappa shape index (κ1) is 47.5. The molecule has 2 N–H and O–H groups in total. The molecule has 0 saturated heterocycles. The molecular formula is C54H63N5O10. The van der Waals surface area contributed by atoms with E-state index in [1.807, 2.05) is 46.2 Å². The van der Waals surface area contributed by atoms with Crippen LogP contribution in [0, 0.1) is 0 Å². The molecule has 4 aromatic carbocycles. The molecule has 1 aliphatic carbocycles. The Morgan fingerprint density at radius 2 is 1.33 bits per heavy atom. The lowest BCUT2D eigenvalue weighted by atomic mass is 10.0. The Hall–Kier alpha value is -6.55. The molecule has 0 spiro atoms. The highest BCUT2D eigenvalue weighted by Gasteiger charge is 2.40. The number of rotatable bonds is 22. The number of methoxy groups -OCH3 is 3. The van der Waals surface area contributed by atoms with Crippen molar-refractivity contribution in [2.75, 3.05) is 101 Å². The van der Waals surface area contributed by atoms with Gasteiger partial charge in [-0.15, -0.1) is 0 Å². The summed E-state index contributed by atoms with van der Waals surface area (Å²) >= 11 is 0. The molecule has 0 bridgehead atoms. The maximum absolute atomic E-state index is 14.2. The van der Waals surface area contributed by atoms with Crippen molar-refractivity contribution in [3.8, 4) is 23.0 Å². The molecule has 0 radical (unpaired) electrons. The molecule has 15 heteroatoms. The number of nitrogens with one attached hydrogen (secondary N) is 2. The fourth-order valence-corrected chi connectivity index (χ4v) is 10.0. The van der Waals surface area contributed by atoms with Crippen LogP contribution in [-0.2, 0) is 38.6 Å². The molecule has 4 aromatic rings. The number of ether oxygens (including phenoxy) is 7. The lowest BCUT2D eigenvalue weighted by molar-refractivity contribution is -0.117. The third-order valence-corrected chi connectivity index (χ3v) is 13.4. The minimum Gasteiger partial charge on any atom is -0.493 e. The maximum atomic E-state index is 14.2. The van der Waals surface area contributed by atoms with Gasteiger partial charge < -0.3 is 63.3 Å². The van der Waals surface area contributed by atoms with Crippen molar-refractivity contribution in [1.82, 2.24) is 4.90 Å². The Balaban J connectivity index is 0.978. The zero-order valence-corrected chi connectivity index (χ0v) is 40.1. The number of para-hydroxylation sites is 1. The van der Waals surface area contributed by atoms with Crippen LogP contribution in [0.2, 0.25) is 0 Å². The highest BCUT2D eigenvalue weighted by Crippen LogP contribution is 2.43. The van der Waals surface area contributed by atoms with E-state index in [0.29, 0.717) is 118 Å². The first-order valence-corrected chi connectivity index (χ1v) is 24.1. The Morgan fingerprint density at radius 1 is 0.710 bits per heavy atom. The zero-order chi connectivity index (χ0) is 47.9. The van der Waals surface area contributed by atoms with Gasteiger partial charge in [-0.2, -0.15) is 0 Å². The minimum absolute atomic E-state index is 0.0122. The van der Waals surface area contributed by atoms with Crippen molar-refractivity contribution in [3.63, 3.8) is 0 Å². The Kier molecular flexibility index (Phi) is 15.0. The van der Waals surface area contributed by atoms with Crippen molar-refractivity contribution in [1.29, 1.82) is 0 Å². The van der Waals surface area contributed by atoms with E-state index in [-0.39, 0.29) is 42.9 Å². The average molecular weight is 942 g/mol. The summed E-state index contributed by atoms with van der Waals surface area (Å²) in [7, 11) is 4.80. The van der Waals surface area contributed by atoms with E-state index in [1.165, 1.54) is 5.57 Å². The van der Waals surface area contributed by atoms with Crippen LogP contribution in [0.4, 0.5) is 22.7 Å². The van der Waals surface area contributed by atoms with Gasteiger partial charge in [-0.1, -0.05) is 30.4 Å². The quantitative estimate of drug-likeness (QED) is 0.0735. The smallest absolute Gasteiger partial charge is 0.260 e. The van der Waals surface area contributed by atoms with Gasteiger partial charge in [0.1, 0.15) is 19.0 Å². The molecule has 0 unspecified atom stereocenters. The number of fused-ring (bicyclic) bond motifs is 7. The molecule has 2 amide bonds. The topological polar surface area (TPSA) is 150 Å². The predicted molar refractivity (Wildman–Crippen MR) is 264 cm³/mol. The monoisotopic (exact) mass is 941 g/mol. The van der Waals surface area contributed by atoms with E-state index < -0.39 is 0 Å². The van der Waals surface area contributed by atoms with Gasteiger partial charge in [0.25, 0.3) is 11.8 Å². The van der Waals surface area contributed by atoms with Crippen LogP contribution in [0.5, 0.6) is 23.0 Å². The van der Waals surface area contributed by atoms with Crippen molar-refractivity contribution < 1.29 is 47.5 Å². The van der Waals surface area contributed by atoms with Gasteiger partial charge in [-0.3, -0.25) is 9.59 Å². The van der Waals surface area contributed by atoms with E-state index in [4.69, 9.17) is 33.2 Å². The molecule has 15 nitrogen and oxygen atoms in total. The molecule has 0 fully saturated rings. The SMILES string of the molecule is COCCOCCOCCN(CCCC(C)=O)c1cc(COc2cc3c(cc2OC)C(=O)N2C4=C(C=CCC4)C[C@H]2CN3)cc(COc2cc3c(cc2OC)C(=O)N2c4ccccc4C[C@H]2CN3)c1. The third-order valence-electron chi connectivity index (χ3n) is 13.4. The lowest BCUT2D eigenvalue weighted by Gasteiger charge is -2.26. The number of nitrogens with zero attached hydrogens (tertiary/aromatic N) is 3. The molecule has 9 rings (SSSR count). The molecule has 69 heavy (non-hydrogen) atoms. The normalized spacial score (nSPS) is 17.6. The van der Waals surface area contributed by atoms with Crippen LogP contribution in [-0.4, -0.2) is 115 Å². The highest BCUT2D eigenvalue weighted by atomic mass is 16.5. The van der Waals surface area contributed by atoms with Crippen LogP contribution in [0.25, 0.3) is 0 Å². The standard InChI is InChI=1S/C54H63N5O10/c1-35(60)10-9-15-57(16-17-66-20-21-67-19-18-63-2)40-23-36(33-68-51-29-45-43(27-49(51)64-3)53(61)58-41(31-55-45)25-38-11-5-7-13-47(38)58)22-37(24-40)34-69-52-30-46-44(28-50(52)65-4)54(62)59-42(32-56-46)26-39-12-6-8-14-48(39)59/h5-7,11-13,22-24,27-30,41-42,55-56H,8-10,14-21,25-26,31-34H2,1-4H3/t41-,42-/m0/s1. The fourth-order valence-electron chi connectivity index (χ4n) is 10.0. The number of benzene rings is 4. The number of allylic oxidation sites excluding steroid dienone is 3. The van der Waals surface area contributed by atoms with Crippen molar-refractivity contribution in [2.45, 2.75) is 70.7 Å². The number of anilines is 4. The summed E-state index contributed by atoms with van der Waals surface area (Å²) in [6, 6.07) is 21.6. The van der Waals surface area contributed by atoms with Crippen LogP contribution in [0.15, 0.2) is 90.2 Å². The fraction of sp³-hybridized carbons (Fsp3) is 0.426. The van der Waals surface area contributed by atoms with Crippen molar-refractivity contribution in [3.05, 3.63) is 118 Å². The third kappa shape index (κ3) is 10.6. The second kappa shape index (κ2) is 21.8. The highest BCUT2D eigenvalue weighted by molar-refractivity contribution is 6.12. The Labute approximate surface area is 404 Å². The summed E-state index contributed by atoms with van der Waals surface area (Å²) in [4.78, 5) is 46.5. The first-order valence-electron chi connectivity index (χ1n) is 24.1. The van der Waals surface area contributed by atoms with E-state index in [2.05, 4.69) is 45.9 Å². The van der Waals surface area contributed by atoms with Gasteiger partial charge in [0.15, 0.2) is 23.0 Å². The van der Waals surface area contributed by atoms with Crippen LogP contribution in [0.1, 0.15) is 76.4 Å². The Morgan fingerprint density at radius 3 is 1.99 bits per heavy atom. The Bertz CT molecular complexity index is 2610. The molecule has 2 atom stereocenters. The number of hydrogen-bond donors (Lipinski definition) is 2. The van der Waals surface area contributed by atoms with Gasteiger partial charge in [-0.05, 0) is 97.7 Å². The zero-order valence-electron chi connectivity index (χ0n) is 40.1. The van der Waals surface area contributed by atoms with Crippen LogP contribution in [0.3, 0.4) is 0 Å². The van der Waals surface area contributed by atoms with Gasteiger partial charge in [0.05, 0.1) is 81.8 Å². The second-order valence-corrected chi connectivity index (χ2v) is 18.1. The number of Topliss-reactive ketones (excluding diaryl/α,β-unsaturated/α-hetero) is 1. The molecule has 4 aliphatic heterocycles. The summed E-state index contributed by atoms with van der Waals surface area (Å²) in [5, 5.41) is 7.08. The number of carbonyl (C=O) groups excluding carboxylic acids is 3.